The molecule has 5 atom stereocenters. The molecule has 0 bridgehead atoms. The Morgan fingerprint density at radius 3 is 2.52 bits per heavy atom. The number of amides is 1. The van der Waals surface area contributed by atoms with Crippen molar-refractivity contribution in [1.29, 1.82) is 0 Å². The van der Waals surface area contributed by atoms with Crippen LogP contribution < -0.4 is 5.32 Å². The molecular weight excluding hydrogens is 272 g/mol. The van der Waals surface area contributed by atoms with Gasteiger partial charge in [0.2, 0.25) is 5.91 Å². The number of nitrogens with zero attached hydrogens (tertiary/aromatic N) is 1. The lowest BCUT2D eigenvalue weighted by molar-refractivity contribution is -0.159. The topological polar surface area (TPSA) is 89.9 Å². The largest absolute Gasteiger partial charge is 0.480 e. The van der Waals surface area contributed by atoms with Gasteiger partial charge in [-0.1, -0.05) is 12.8 Å². The summed E-state index contributed by atoms with van der Waals surface area (Å²) in [7, 11) is 0. The van der Waals surface area contributed by atoms with E-state index in [1.165, 1.54) is 6.42 Å². The van der Waals surface area contributed by atoms with Crippen LogP contribution in [-0.4, -0.2) is 57.8 Å². The molecule has 3 N–H and O–H groups in total. The van der Waals surface area contributed by atoms with E-state index >= 15 is 0 Å². The van der Waals surface area contributed by atoms with Crippen LogP contribution in [0.25, 0.3) is 0 Å². The van der Waals surface area contributed by atoms with Crippen molar-refractivity contribution >= 4 is 11.9 Å². The second-order valence-electron chi connectivity index (χ2n) is 6.64. The van der Waals surface area contributed by atoms with E-state index in [9.17, 15) is 19.8 Å². The van der Waals surface area contributed by atoms with Crippen molar-refractivity contribution in [1.82, 2.24) is 10.2 Å². The molecule has 3 rings (SSSR count). The normalized spacial score (nSPS) is 39.9. The molecule has 2 aliphatic heterocycles. The number of likely N-dealkylation sites (tertiary alicyclic amines) is 1. The smallest absolute Gasteiger partial charge is 0.326 e. The second-order valence-corrected chi connectivity index (χ2v) is 6.64. The van der Waals surface area contributed by atoms with Gasteiger partial charge in [0.05, 0.1) is 12.1 Å². The Bertz CT molecular complexity index is 428. The van der Waals surface area contributed by atoms with Gasteiger partial charge >= 0.3 is 5.97 Å². The Kier molecular flexibility index (Phi) is 4.17. The van der Waals surface area contributed by atoms with E-state index in [2.05, 4.69) is 5.32 Å². The number of rotatable bonds is 2. The fourth-order valence-electron chi connectivity index (χ4n) is 4.28. The zero-order valence-electron chi connectivity index (χ0n) is 12.2. The number of aliphatic hydroxyl groups is 1. The lowest BCUT2D eigenvalue weighted by Gasteiger charge is -2.47. The Balaban J connectivity index is 1.81. The number of carboxylic acid groups (broad SMARTS) is 1. The second kappa shape index (κ2) is 5.93. The van der Waals surface area contributed by atoms with Crippen molar-refractivity contribution in [3.8, 4) is 0 Å². The van der Waals surface area contributed by atoms with Gasteiger partial charge in [-0.15, -0.1) is 0 Å². The molecule has 118 valence electrons. The van der Waals surface area contributed by atoms with Crippen LogP contribution in [-0.2, 0) is 9.59 Å². The molecule has 0 aromatic carbocycles. The summed E-state index contributed by atoms with van der Waals surface area (Å²) in [4.78, 5) is 26.0. The van der Waals surface area contributed by atoms with Crippen LogP contribution in [0.15, 0.2) is 0 Å². The van der Waals surface area contributed by atoms with Crippen LogP contribution >= 0.6 is 0 Å². The van der Waals surface area contributed by atoms with Crippen molar-refractivity contribution in [3.05, 3.63) is 0 Å². The van der Waals surface area contributed by atoms with Crippen molar-refractivity contribution in [2.45, 2.75) is 69.2 Å². The number of hydrogen-bond donors (Lipinski definition) is 3. The van der Waals surface area contributed by atoms with Crippen molar-refractivity contribution in [3.63, 3.8) is 0 Å². The summed E-state index contributed by atoms with van der Waals surface area (Å²) in [6.45, 7) is 0.413. The van der Waals surface area contributed by atoms with E-state index in [4.69, 9.17) is 0 Å². The lowest BCUT2D eigenvalue weighted by Crippen LogP contribution is -2.60. The van der Waals surface area contributed by atoms with E-state index in [0.29, 0.717) is 25.3 Å². The standard InChI is InChI=1S/C15H24N2O4/c18-10-7-11(16-8-10)14(19)17-12-4-2-1-3-9(12)5-6-13(17)15(20)21/h9-13,16,18H,1-8H2,(H,20,21). The number of piperidine rings is 1. The average molecular weight is 296 g/mol. The van der Waals surface area contributed by atoms with Gasteiger partial charge in [-0.05, 0) is 38.0 Å². The molecule has 5 unspecified atom stereocenters. The fourth-order valence-corrected chi connectivity index (χ4v) is 4.28. The third-order valence-corrected chi connectivity index (χ3v) is 5.32. The molecule has 6 heteroatoms. The van der Waals surface area contributed by atoms with E-state index in [1.54, 1.807) is 4.90 Å². The van der Waals surface area contributed by atoms with Crippen LogP contribution in [0, 0.1) is 5.92 Å². The summed E-state index contributed by atoms with van der Waals surface area (Å²) < 4.78 is 0. The quantitative estimate of drug-likeness (QED) is 0.684. The van der Waals surface area contributed by atoms with Crippen LogP contribution in [0.4, 0.5) is 0 Å². The molecule has 2 heterocycles. The SMILES string of the molecule is O=C(O)C1CCC2CCCCC2N1C(=O)C1CC(O)CN1. The van der Waals surface area contributed by atoms with E-state index < -0.39 is 24.2 Å². The highest BCUT2D eigenvalue weighted by Crippen LogP contribution is 2.38. The van der Waals surface area contributed by atoms with E-state index in [-0.39, 0.29) is 11.9 Å². The van der Waals surface area contributed by atoms with Gasteiger partial charge in [0.15, 0.2) is 0 Å². The number of aliphatic hydroxyl groups excluding tert-OH is 1. The molecule has 3 fully saturated rings. The van der Waals surface area contributed by atoms with Gasteiger partial charge in [-0.3, -0.25) is 4.79 Å². The zero-order chi connectivity index (χ0) is 15.0. The summed E-state index contributed by atoms with van der Waals surface area (Å²) in [6.07, 6.45) is 5.60. The maximum atomic E-state index is 12.8. The minimum atomic E-state index is -0.897. The maximum Gasteiger partial charge on any atom is 0.326 e. The maximum absolute atomic E-state index is 12.8. The summed E-state index contributed by atoms with van der Waals surface area (Å²) in [6, 6.07) is -1.06. The molecule has 1 saturated carbocycles. The first-order chi connectivity index (χ1) is 10.1. The molecule has 0 aromatic rings. The van der Waals surface area contributed by atoms with Crippen molar-refractivity contribution in [2.75, 3.05) is 6.54 Å². The Labute approximate surface area is 124 Å². The highest BCUT2D eigenvalue weighted by atomic mass is 16.4. The first-order valence-electron chi connectivity index (χ1n) is 8.04. The van der Waals surface area contributed by atoms with E-state index in [0.717, 1.165) is 25.7 Å². The zero-order valence-corrected chi connectivity index (χ0v) is 12.2. The van der Waals surface area contributed by atoms with Gasteiger partial charge in [0.25, 0.3) is 0 Å². The third kappa shape index (κ3) is 2.79. The molecular formula is C15H24N2O4. The number of carbonyl (C=O) groups excluding carboxylic acids is 1. The highest BCUT2D eigenvalue weighted by molar-refractivity contribution is 5.88. The summed E-state index contributed by atoms with van der Waals surface area (Å²) in [5.41, 5.74) is 0. The van der Waals surface area contributed by atoms with Gasteiger partial charge in [-0.25, -0.2) is 4.79 Å². The monoisotopic (exact) mass is 296 g/mol. The number of carbonyl (C=O) groups is 2. The predicted molar refractivity (Wildman–Crippen MR) is 75.7 cm³/mol. The first kappa shape index (κ1) is 14.8. The Morgan fingerprint density at radius 1 is 1.10 bits per heavy atom. The average Bonchev–Trinajstić information content (AvgIpc) is 2.91. The third-order valence-electron chi connectivity index (χ3n) is 5.32. The summed E-state index contributed by atoms with van der Waals surface area (Å²) in [5.74, 6) is -0.578. The number of aliphatic carboxylic acids is 1. The molecule has 2 saturated heterocycles. The summed E-state index contributed by atoms with van der Waals surface area (Å²) in [5, 5.41) is 22.1. The number of β-amino-alcohol motifs (C(OH)–C–C–N with tert-alkyl or cyclic N) is 1. The van der Waals surface area contributed by atoms with Gasteiger partial charge in [0.1, 0.15) is 6.04 Å². The highest BCUT2D eigenvalue weighted by Gasteiger charge is 2.46. The van der Waals surface area contributed by atoms with Crippen LogP contribution in [0.2, 0.25) is 0 Å². The minimum Gasteiger partial charge on any atom is -0.480 e. The van der Waals surface area contributed by atoms with Gasteiger partial charge in [-0.2, -0.15) is 0 Å². The summed E-state index contributed by atoms with van der Waals surface area (Å²) >= 11 is 0. The van der Waals surface area contributed by atoms with Crippen molar-refractivity contribution in [2.24, 2.45) is 5.92 Å². The van der Waals surface area contributed by atoms with Crippen LogP contribution in [0.3, 0.4) is 0 Å². The molecule has 1 aliphatic carbocycles. The van der Waals surface area contributed by atoms with Crippen LogP contribution in [0.5, 0.6) is 0 Å². The fraction of sp³-hybridized carbons (Fsp3) is 0.867. The van der Waals surface area contributed by atoms with Crippen molar-refractivity contribution < 1.29 is 19.8 Å². The number of hydrogen-bond acceptors (Lipinski definition) is 4. The molecule has 0 radical (unpaired) electrons. The Hall–Kier alpha value is -1.14. The molecule has 21 heavy (non-hydrogen) atoms. The van der Waals surface area contributed by atoms with Gasteiger partial charge < -0.3 is 20.4 Å². The molecule has 3 aliphatic rings. The lowest BCUT2D eigenvalue weighted by atomic mass is 9.76. The molecule has 6 nitrogen and oxygen atoms in total. The first-order valence-corrected chi connectivity index (χ1v) is 8.04. The van der Waals surface area contributed by atoms with Gasteiger partial charge in [0, 0.05) is 12.6 Å². The predicted octanol–water partition coefficient (Wildman–Crippen LogP) is 0.344. The minimum absolute atomic E-state index is 0.0700. The number of fused-ring (bicyclic) bond motifs is 1. The number of carboxylic acids is 1. The molecule has 1 amide bonds. The van der Waals surface area contributed by atoms with Crippen LogP contribution in [0.1, 0.15) is 44.9 Å². The molecule has 0 spiro atoms. The van der Waals surface area contributed by atoms with E-state index in [1.807, 2.05) is 0 Å². The molecule has 0 aromatic heterocycles. The number of nitrogens with one attached hydrogen (secondary N) is 1. The Morgan fingerprint density at radius 2 is 1.86 bits per heavy atom.